The van der Waals surface area contributed by atoms with Gasteiger partial charge in [0.05, 0.1) is 18.1 Å². The van der Waals surface area contributed by atoms with Crippen LogP contribution in [-0.2, 0) is 4.79 Å². The van der Waals surface area contributed by atoms with Crippen molar-refractivity contribution < 1.29 is 14.7 Å². The van der Waals surface area contributed by atoms with Crippen LogP contribution < -0.4 is 10.6 Å². The lowest BCUT2D eigenvalue weighted by atomic mass is 10.2. The Morgan fingerprint density at radius 3 is 2.24 bits per heavy atom. The van der Waals surface area contributed by atoms with Crippen molar-refractivity contribution in [1.82, 2.24) is 9.97 Å². The van der Waals surface area contributed by atoms with Crippen molar-refractivity contribution >= 4 is 29.5 Å². The third kappa shape index (κ3) is 4.75. The zero-order chi connectivity index (χ0) is 15.1. The summed E-state index contributed by atoms with van der Waals surface area (Å²) in [4.78, 5) is 29.7. The van der Waals surface area contributed by atoms with Crippen LogP contribution in [-0.4, -0.2) is 27.1 Å². The molecule has 3 N–H and O–H groups in total. The number of rotatable bonds is 4. The van der Waals surface area contributed by atoms with Crippen molar-refractivity contribution in [3.63, 3.8) is 0 Å². The van der Waals surface area contributed by atoms with Crippen LogP contribution in [0.25, 0.3) is 6.08 Å². The molecule has 2 aromatic rings. The Kier molecular flexibility index (Phi) is 4.60. The van der Waals surface area contributed by atoms with Gasteiger partial charge in [-0.05, 0) is 23.8 Å². The lowest BCUT2D eigenvalue weighted by Crippen LogP contribution is -2.19. The van der Waals surface area contributed by atoms with Crippen molar-refractivity contribution in [3.8, 4) is 0 Å². The number of carbonyl (C=O) groups excluding carboxylic acids is 1. The molecule has 0 fully saturated rings. The molecule has 7 heteroatoms. The Hall–Kier alpha value is -3.22. The average molecular weight is 284 g/mol. The van der Waals surface area contributed by atoms with Gasteiger partial charge in [0, 0.05) is 11.8 Å². The van der Waals surface area contributed by atoms with Gasteiger partial charge in [0.25, 0.3) is 0 Å². The maximum atomic E-state index is 11.7. The summed E-state index contributed by atoms with van der Waals surface area (Å²) in [6.45, 7) is 0. The van der Waals surface area contributed by atoms with Crippen LogP contribution in [0.3, 0.4) is 0 Å². The predicted octanol–water partition coefficient (Wildman–Crippen LogP) is 2.22. The Balaban J connectivity index is 1.94. The maximum Gasteiger partial charge on any atom is 0.328 e. The van der Waals surface area contributed by atoms with E-state index >= 15 is 0 Å². The molecule has 0 radical (unpaired) electrons. The number of carboxylic acid groups (broad SMARTS) is 1. The van der Waals surface area contributed by atoms with E-state index in [0.29, 0.717) is 11.4 Å². The number of aromatic nitrogens is 2. The number of carboxylic acids is 1. The quantitative estimate of drug-likeness (QED) is 0.747. The second-order valence-electron chi connectivity index (χ2n) is 4.00. The van der Waals surface area contributed by atoms with Crippen molar-refractivity contribution in [2.45, 2.75) is 0 Å². The molecule has 0 saturated heterocycles. The minimum atomic E-state index is -1.01. The fourth-order valence-corrected chi connectivity index (χ4v) is 1.50. The number of aliphatic carboxylic acids is 1. The molecular formula is C14H12N4O3. The third-order valence-corrected chi connectivity index (χ3v) is 2.41. The average Bonchev–Trinajstić information content (AvgIpc) is 2.47. The minimum Gasteiger partial charge on any atom is -0.478 e. The van der Waals surface area contributed by atoms with E-state index in [1.54, 1.807) is 24.3 Å². The van der Waals surface area contributed by atoms with Gasteiger partial charge in [0.2, 0.25) is 0 Å². The van der Waals surface area contributed by atoms with Gasteiger partial charge in [0.1, 0.15) is 6.33 Å². The predicted molar refractivity (Wildman–Crippen MR) is 77.8 cm³/mol. The molecule has 106 valence electrons. The highest BCUT2D eigenvalue weighted by Gasteiger charge is 2.02. The smallest absolute Gasteiger partial charge is 0.328 e. The second kappa shape index (κ2) is 6.80. The number of hydrogen-bond donors (Lipinski definition) is 3. The number of urea groups is 1. The number of benzene rings is 1. The summed E-state index contributed by atoms with van der Waals surface area (Å²) < 4.78 is 0. The Morgan fingerprint density at radius 2 is 1.62 bits per heavy atom. The van der Waals surface area contributed by atoms with Gasteiger partial charge in [-0.1, -0.05) is 12.1 Å². The van der Waals surface area contributed by atoms with Crippen molar-refractivity contribution in [1.29, 1.82) is 0 Å². The number of nitrogens with zero attached hydrogens (tertiary/aromatic N) is 2. The molecule has 1 aromatic heterocycles. The normalized spacial score (nSPS) is 10.3. The van der Waals surface area contributed by atoms with Gasteiger partial charge in [-0.3, -0.25) is 0 Å². The summed E-state index contributed by atoms with van der Waals surface area (Å²) in [5, 5.41) is 13.7. The molecule has 0 bridgehead atoms. The molecule has 2 amide bonds. The van der Waals surface area contributed by atoms with E-state index < -0.39 is 12.0 Å². The summed E-state index contributed by atoms with van der Waals surface area (Å²) in [6, 6.07) is 6.31. The van der Waals surface area contributed by atoms with Crippen LogP contribution >= 0.6 is 0 Å². The second-order valence-corrected chi connectivity index (χ2v) is 4.00. The summed E-state index contributed by atoms with van der Waals surface area (Å²) in [5.74, 6) is -1.01. The minimum absolute atomic E-state index is 0.418. The number of nitrogens with one attached hydrogen (secondary N) is 2. The lowest BCUT2D eigenvalue weighted by Gasteiger charge is -2.07. The topological polar surface area (TPSA) is 104 Å². The number of amides is 2. The third-order valence-electron chi connectivity index (χ3n) is 2.41. The highest BCUT2D eigenvalue weighted by atomic mass is 16.4. The van der Waals surface area contributed by atoms with Crippen LogP contribution in [0.5, 0.6) is 0 Å². The molecule has 0 aliphatic carbocycles. The molecule has 0 spiro atoms. The standard InChI is InChI=1S/C14H12N4O3/c19-13(20)6-3-10-1-4-11(5-2-10)17-14(21)18-12-7-15-9-16-8-12/h1-9H,(H,19,20)(H2,17,18,21)/b6-3+. The molecular weight excluding hydrogens is 272 g/mol. The molecule has 7 nitrogen and oxygen atoms in total. The fraction of sp³-hybridized carbons (Fsp3) is 0. The van der Waals surface area contributed by atoms with E-state index in [9.17, 15) is 9.59 Å². The summed E-state index contributed by atoms with van der Waals surface area (Å²) in [7, 11) is 0. The SMILES string of the molecule is O=C(O)/C=C/c1ccc(NC(=O)Nc2cncnc2)cc1. The van der Waals surface area contributed by atoms with E-state index in [-0.39, 0.29) is 0 Å². The van der Waals surface area contributed by atoms with Gasteiger partial charge >= 0.3 is 12.0 Å². The van der Waals surface area contributed by atoms with Crippen LogP contribution in [0.15, 0.2) is 49.1 Å². The van der Waals surface area contributed by atoms with Crippen LogP contribution in [0, 0.1) is 0 Å². The molecule has 21 heavy (non-hydrogen) atoms. The van der Waals surface area contributed by atoms with Crippen molar-refractivity contribution in [2.75, 3.05) is 10.6 Å². The lowest BCUT2D eigenvalue weighted by molar-refractivity contribution is -0.131. The first-order valence-electron chi connectivity index (χ1n) is 5.97. The van der Waals surface area contributed by atoms with Gasteiger partial charge < -0.3 is 15.7 Å². The van der Waals surface area contributed by atoms with E-state index in [4.69, 9.17) is 5.11 Å². The zero-order valence-corrected chi connectivity index (χ0v) is 10.9. The van der Waals surface area contributed by atoms with Crippen LogP contribution in [0.2, 0.25) is 0 Å². The largest absolute Gasteiger partial charge is 0.478 e. The van der Waals surface area contributed by atoms with E-state index in [2.05, 4.69) is 20.6 Å². The monoisotopic (exact) mass is 284 g/mol. The molecule has 0 saturated carbocycles. The molecule has 0 unspecified atom stereocenters. The maximum absolute atomic E-state index is 11.7. The van der Waals surface area contributed by atoms with Gasteiger partial charge in [-0.15, -0.1) is 0 Å². The summed E-state index contributed by atoms with van der Waals surface area (Å²) in [5.41, 5.74) is 1.78. The van der Waals surface area contributed by atoms with Crippen molar-refractivity contribution in [3.05, 3.63) is 54.6 Å². The van der Waals surface area contributed by atoms with E-state index in [0.717, 1.165) is 11.6 Å². The first-order valence-corrected chi connectivity index (χ1v) is 5.97. The first-order chi connectivity index (χ1) is 10.1. The number of carbonyl (C=O) groups is 2. The molecule has 0 aliphatic heterocycles. The van der Waals surface area contributed by atoms with Gasteiger partial charge in [-0.25, -0.2) is 19.6 Å². The van der Waals surface area contributed by atoms with Crippen molar-refractivity contribution in [2.24, 2.45) is 0 Å². The van der Waals surface area contributed by atoms with E-state index in [1.165, 1.54) is 24.8 Å². The highest BCUT2D eigenvalue weighted by Crippen LogP contribution is 2.11. The Bertz CT molecular complexity index is 654. The first kappa shape index (κ1) is 14.2. The Labute approximate surface area is 120 Å². The fourth-order valence-electron chi connectivity index (χ4n) is 1.50. The molecule has 1 aromatic carbocycles. The van der Waals surface area contributed by atoms with E-state index in [1.807, 2.05) is 0 Å². The molecule has 2 rings (SSSR count). The van der Waals surface area contributed by atoms with Gasteiger partial charge in [0.15, 0.2) is 0 Å². The summed E-state index contributed by atoms with van der Waals surface area (Å²) >= 11 is 0. The van der Waals surface area contributed by atoms with Crippen LogP contribution in [0.1, 0.15) is 5.56 Å². The van der Waals surface area contributed by atoms with Gasteiger partial charge in [-0.2, -0.15) is 0 Å². The Morgan fingerprint density at radius 1 is 1.00 bits per heavy atom. The zero-order valence-electron chi connectivity index (χ0n) is 10.9. The molecule has 0 atom stereocenters. The molecule has 0 aliphatic rings. The van der Waals surface area contributed by atoms with Crippen LogP contribution in [0.4, 0.5) is 16.2 Å². The number of anilines is 2. The summed E-state index contributed by atoms with van der Waals surface area (Å²) in [6.07, 6.45) is 6.84. The molecule has 1 heterocycles. The number of hydrogen-bond acceptors (Lipinski definition) is 4. The highest BCUT2D eigenvalue weighted by molar-refractivity contribution is 5.99.